The number of halogens is 2. The van der Waals surface area contributed by atoms with Gasteiger partial charge in [0.2, 0.25) is 5.91 Å². The van der Waals surface area contributed by atoms with Gasteiger partial charge < -0.3 is 4.90 Å². The third kappa shape index (κ3) is 5.70. The normalized spacial score (nSPS) is 11.9. The number of amides is 1. The van der Waals surface area contributed by atoms with E-state index in [2.05, 4.69) is 4.98 Å². The zero-order chi connectivity index (χ0) is 21.9. The zero-order valence-corrected chi connectivity index (χ0v) is 19.7. The van der Waals surface area contributed by atoms with Gasteiger partial charge in [-0.05, 0) is 69.5 Å². The molecule has 1 amide bonds. The molecule has 3 rings (SSSR count). The Morgan fingerprint density at radius 3 is 2.37 bits per heavy atom. The summed E-state index contributed by atoms with van der Waals surface area (Å²) < 4.78 is 26.3. The van der Waals surface area contributed by atoms with Gasteiger partial charge in [-0.2, -0.15) is 0 Å². The lowest BCUT2D eigenvalue weighted by Crippen LogP contribution is -2.37. The molecule has 0 saturated heterocycles. The van der Waals surface area contributed by atoms with Gasteiger partial charge in [0, 0.05) is 16.6 Å². The minimum Gasteiger partial charge on any atom is -0.309 e. The van der Waals surface area contributed by atoms with Crippen molar-refractivity contribution in [3.05, 3.63) is 52.5 Å². The van der Waals surface area contributed by atoms with E-state index in [1.807, 2.05) is 19.0 Å². The van der Waals surface area contributed by atoms with Crippen LogP contribution in [0, 0.1) is 0 Å². The van der Waals surface area contributed by atoms with Crippen LogP contribution in [0.5, 0.6) is 0 Å². The molecule has 0 fully saturated rings. The second kappa shape index (κ2) is 9.62. The van der Waals surface area contributed by atoms with Crippen LogP contribution >= 0.6 is 34.5 Å². The molecular formula is C20H21Cl2N3O3S2. The molecule has 10 heteroatoms. The topological polar surface area (TPSA) is 70.6 Å². The van der Waals surface area contributed by atoms with Crippen molar-refractivity contribution in [1.82, 2.24) is 9.88 Å². The Bertz CT molecular complexity index is 1150. The quantitative estimate of drug-likeness (QED) is 0.473. The first-order chi connectivity index (χ1) is 14.2. The lowest BCUT2D eigenvalue weighted by molar-refractivity contribution is -0.116. The molecule has 0 aliphatic heterocycles. The van der Waals surface area contributed by atoms with Gasteiger partial charge in [0.1, 0.15) is 5.75 Å². The molecule has 30 heavy (non-hydrogen) atoms. The van der Waals surface area contributed by atoms with Crippen LogP contribution in [-0.2, 0) is 14.6 Å². The van der Waals surface area contributed by atoms with Crippen LogP contribution in [-0.4, -0.2) is 57.1 Å². The Hall–Kier alpha value is -1.71. The largest absolute Gasteiger partial charge is 0.309 e. The highest BCUT2D eigenvalue weighted by Crippen LogP contribution is 2.31. The van der Waals surface area contributed by atoms with E-state index in [4.69, 9.17) is 23.2 Å². The molecule has 3 aromatic rings. The number of nitrogens with zero attached hydrogens (tertiary/aromatic N) is 3. The summed E-state index contributed by atoms with van der Waals surface area (Å²) in [6.45, 7) is 1.12. The third-order valence-electron chi connectivity index (χ3n) is 4.34. The molecule has 0 aliphatic rings. The summed E-state index contributed by atoms with van der Waals surface area (Å²) in [6, 6.07) is 11.1. The minimum absolute atomic E-state index is 0.0598. The highest BCUT2D eigenvalue weighted by Gasteiger charge is 2.26. The number of hydrogen-bond acceptors (Lipinski definition) is 6. The lowest BCUT2D eigenvalue weighted by atomic mass is 10.3. The van der Waals surface area contributed by atoms with Gasteiger partial charge >= 0.3 is 0 Å². The number of anilines is 1. The number of aromatic nitrogens is 1. The Labute approximate surface area is 189 Å². The summed E-state index contributed by atoms with van der Waals surface area (Å²) in [6.07, 6.45) is 0.677. The van der Waals surface area contributed by atoms with E-state index in [-0.39, 0.29) is 4.90 Å². The highest BCUT2D eigenvalue weighted by molar-refractivity contribution is 7.92. The minimum atomic E-state index is -3.81. The van der Waals surface area contributed by atoms with Crippen LogP contribution in [0.2, 0.25) is 10.0 Å². The molecule has 1 heterocycles. The van der Waals surface area contributed by atoms with Gasteiger partial charge in [0.15, 0.2) is 15.0 Å². The van der Waals surface area contributed by atoms with Crippen molar-refractivity contribution in [1.29, 1.82) is 0 Å². The second-order valence-corrected chi connectivity index (χ2v) is 10.9. The average Bonchev–Trinajstić information content (AvgIpc) is 3.07. The molecule has 0 saturated carbocycles. The Morgan fingerprint density at radius 1 is 1.03 bits per heavy atom. The molecule has 0 spiro atoms. The molecule has 0 N–H and O–H groups in total. The van der Waals surface area contributed by atoms with Gasteiger partial charge in [-0.1, -0.05) is 34.5 Å². The van der Waals surface area contributed by atoms with Crippen LogP contribution in [0.4, 0.5) is 5.13 Å². The zero-order valence-electron chi connectivity index (χ0n) is 16.5. The highest BCUT2D eigenvalue weighted by atomic mass is 35.5. The third-order valence-corrected chi connectivity index (χ3v) is 7.49. The molecular weight excluding hydrogens is 465 g/mol. The first-order valence-corrected chi connectivity index (χ1v) is 12.4. The van der Waals surface area contributed by atoms with Gasteiger partial charge in [0.05, 0.1) is 15.1 Å². The fourth-order valence-electron chi connectivity index (χ4n) is 2.84. The van der Waals surface area contributed by atoms with Gasteiger partial charge in [-0.3, -0.25) is 9.69 Å². The molecule has 6 nitrogen and oxygen atoms in total. The number of hydrogen-bond donors (Lipinski definition) is 0. The van der Waals surface area contributed by atoms with E-state index in [0.29, 0.717) is 33.7 Å². The SMILES string of the molecule is CN(C)CCCN(C(=O)CS(=O)(=O)c1ccc(Cl)cc1)c1nc2ccc(Cl)cc2s1. The number of benzene rings is 2. The summed E-state index contributed by atoms with van der Waals surface area (Å²) in [5.41, 5.74) is 0.713. The Morgan fingerprint density at radius 2 is 1.70 bits per heavy atom. The van der Waals surface area contributed by atoms with Crippen molar-refractivity contribution in [2.45, 2.75) is 11.3 Å². The molecule has 0 bridgehead atoms. The summed E-state index contributed by atoms with van der Waals surface area (Å²) in [5, 5.41) is 1.47. The van der Waals surface area contributed by atoms with E-state index in [1.165, 1.54) is 40.5 Å². The van der Waals surface area contributed by atoms with E-state index in [0.717, 1.165) is 11.2 Å². The monoisotopic (exact) mass is 485 g/mol. The second-order valence-electron chi connectivity index (χ2n) is 7.02. The van der Waals surface area contributed by atoms with Gasteiger partial charge in [0.25, 0.3) is 0 Å². The van der Waals surface area contributed by atoms with E-state index < -0.39 is 21.5 Å². The van der Waals surface area contributed by atoms with Crippen LogP contribution < -0.4 is 4.90 Å². The summed E-state index contributed by atoms with van der Waals surface area (Å²) in [4.78, 5) is 21.1. The number of rotatable bonds is 8. The fourth-order valence-corrected chi connectivity index (χ4v) is 5.45. The molecule has 2 aromatic carbocycles. The predicted octanol–water partition coefficient (Wildman–Crippen LogP) is 4.36. The van der Waals surface area contributed by atoms with Crippen LogP contribution in [0.1, 0.15) is 6.42 Å². The molecule has 0 radical (unpaired) electrons. The molecule has 0 aliphatic carbocycles. The van der Waals surface area contributed by atoms with Crippen molar-refractivity contribution in [2.75, 3.05) is 37.8 Å². The maximum Gasteiger partial charge on any atom is 0.244 e. The molecule has 0 atom stereocenters. The smallest absolute Gasteiger partial charge is 0.244 e. The molecule has 160 valence electrons. The van der Waals surface area contributed by atoms with E-state index >= 15 is 0 Å². The fraction of sp³-hybridized carbons (Fsp3) is 0.300. The first kappa shape index (κ1) is 23.0. The van der Waals surface area contributed by atoms with Crippen LogP contribution in [0.25, 0.3) is 10.2 Å². The Balaban J connectivity index is 1.88. The van der Waals surface area contributed by atoms with E-state index in [9.17, 15) is 13.2 Å². The number of carbonyl (C=O) groups excluding carboxylic acids is 1. The van der Waals surface area contributed by atoms with Crippen molar-refractivity contribution < 1.29 is 13.2 Å². The lowest BCUT2D eigenvalue weighted by Gasteiger charge is -2.21. The van der Waals surface area contributed by atoms with Gasteiger partial charge in [-0.25, -0.2) is 13.4 Å². The van der Waals surface area contributed by atoms with Crippen molar-refractivity contribution in [3.63, 3.8) is 0 Å². The number of sulfone groups is 1. The van der Waals surface area contributed by atoms with E-state index in [1.54, 1.807) is 18.2 Å². The van der Waals surface area contributed by atoms with Crippen molar-refractivity contribution >= 4 is 65.6 Å². The number of thiazole rings is 1. The number of fused-ring (bicyclic) bond motifs is 1. The molecule has 1 aromatic heterocycles. The standard InChI is InChI=1S/C20H21Cl2N3O3S2/c1-24(2)10-3-11-25(20-23-17-9-6-15(22)12-18(17)29-20)19(26)13-30(27,28)16-7-4-14(21)5-8-16/h4-9,12H,3,10-11,13H2,1-2H3. The summed E-state index contributed by atoms with van der Waals surface area (Å²) >= 11 is 13.2. The summed E-state index contributed by atoms with van der Waals surface area (Å²) in [5.74, 6) is -1.17. The maximum absolute atomic E-state index is 13.1. The average molecular weight is 486 g/mol. The Kier molecular flexibility index (Phi) is 7.36. The first-order valence-electron chi connectivity index (χ1n) is 9.15. The molecule has 0 unspecified atom stereocenters. The number of carbonyl (C=O) groups is 1. The summed E-state index contributed by atoms with van der Waals surface area (Å²) in [7, 11) is 0.0707. The predicted molar refractivity (Wildman–Crippen MR) is 124 cm³/mol. The van der Waals surface area contributed by atoms with Crippen LogP contribution in [0.3, 0.4) is 0 Å². The van der Waals surface area contributed by atoms with Crippen molar-refractivity contribution in [2.24, 2.45) is 0 Å². The van der Waals surface area contributed by atoms with Crippen LogP contribution in [0.15, 0.2) is 47.4 Å². The maximum atomic E-state index is 13.1. The van der Waals surface area contributed by atoms with Gasteiger partial charge in [-0.15, -0.1) is 0 Å². The van der Waals surface area contributed by atoms with Crippen molar-refractivity contribution in [3.8, 4) is 0 Å².